The number of nitriles is 1. The highest BCUT2D eigenvalue weighted by Gasteiger charge is 2.61. The van der Waals surface area contributed by atoms with Crippen molar-refractivity contribution in [3.8, 4) is 16.6 Å². The summed E-state index contributed by atoms with van der Waals surface area (Å²) in [5.74, 6) is -0.0536. The molecule has 0 bridgehead atoms. The van der Waals surface area contributed by atoms with E-state index in [2.05, 4.69) is 21.5 Å². The number of benzene rings is 1. The van der Waals surface area contributed by atoms with Gasteiger partial charge in [0, 0.05) is 29.8 Å². The second kappa shape index (κ2) is 6.87. The molecule has 2 aliphatic heterocycles. The SMILES string of the molecule is CC1[C@H]2C(CN1C#N)N2C(=O)c1ncc(-c2cnccc2Nc2ccccc2)s1. The summed E-state index contributed by atoms with van der Waals surface area (Å²) in [6, 6.07) is 12.1. The van der Waals surface area contributed by atoms with Gasteiger partial charge < -0.3 is 15.1 Å². The number of hydrogen-bond donors (Lipinski definition) is 1. The van der Waals surface area contributed by atoms with Gasteiger partial charge in [0.25, 0.3) is 5.91 Å². The minimum Gasteiger partial charge on any atom is -0.355 e. The van der Waals surface area contributed by atoms with Gasteiger partial charge in [-0.05, 0) is 25.1 Å². The molecule has 1 amide bonds. The van der Waals surface area contributed by atoms with Crippen LogP contribution < -0.4 is 5.32 Å². The zero-order chi connectivity index (χ0) is 20.0. The molecule has 2 fully saturated rings. The van der Waals surface area contributed by atoms with Crippen LogP contribution in [0.1, 0.15) is 16.7 Å². The molecule has 29 heavy (non-hydrogen) atoms. The first-order chi connectivity index (χ1) is 14.2. The van der Waals surface area contributed by atoms with Crippen LogP contribution in [0.3, 0.4) is 0 Å². The zero-order valence-electron chi connectivity index (χ0n) is 15.7. The molecule has 0 aliphatic carbocycles. The summed E-state index contributed by atoms with van der Waals surface area (Å²) < 4.78 is 0. The first-order valence-electron chi connectivity index (χ1n) is 9.38. The van der Waals surface area contributed by atoms with Gasteiger partial charge in [-0.3, -0.25) is 9.78 Å². The molecule has 7 nitrogen and oxygen atoms in total. The summed E-state index contributed by atoms with van der Waals surface area (Å²) in [6.45, 7) is 2.60. The van der Waals surface area contributed by atoms with Gasteiger partial charge in [-0.1, -0.05) is 18.2 Å². The van der Waals surface area contributed by atoms with E-state index in [1.54, 1.807) is 23.5 Å². The second-order valence-corrected chi connectivity index (χ2v) is 8.24. The highest BCUT2D eigenvalue weighted by molar-refractivity contribution is 7.17. The highest BCUT2D eigenvalue weighted by Crippen LogP contribution is 2.42. The molecule has 2 aromatic heterocycles. The van der Waals surface area contributed by atoms with Crippen LogP contribution >= 0.6 is 11.3 Å². The van der Waals surface area contributed by atoms with Crippen molar-refractivity contribution in [3.63, 3.8) is 0 Å². The molecule has 0 radical (unpaired) electrons. The Kier molecular flexibility index (Phi) is 4.18. The van der Waals surface area contributed by atoms with Crippen LogP contribution in [0.15, 0.2) is 55.0 Å². The number of rotatable bonds is 4. The van der Waals surface area contributed by atoms with E-state index in [9.17, 15) is 4.79 Å². The largest absolute Gasteiger partial charge is 0.355 e. The molecule has 5 rings (SSSR count). The molecular weight excluding hydrogens is 384 g/mol. The average molecular weight is 402 g/mol. The van der Waals surface area contributed by atoms with Crippen LogP contribution in [0, 0.1) is 11.5 Å². The van der Waals surface area contributed by atoms with E-state index in [0.29, 0.717) is 11.6 Å². The minimum atomic E-state index is -0.0536. The van der Waals surface area contributed by atoms with Gasteiger partial charge in [0.1, 0.15) is 0 Å². The third kappa shape index (κ3) is 3.00. The van der Waals surface area contributed by atoms with Gasteiger partial charge in [-0.15, -0.1) is 11.3 Å². The van der Waals surface area contributed by atoms with Crippen molar-refractivity contribution < 1.29 is 4.79 Å². The lowest BCUT2D eigenvalue weighted by Crippen LogP contribution is -2.35. The number of amides is 1. The van der Waals surface area contributed by atoms with Gasteiger partial charge in [-0.2, -0.15) is 5.26 Å². The average Bonchev–Trinajstić information content (AvgIpc) is 3.07. The normalized spacial score (nSPS) is 22.1. The van der Waals surface area contributed by atoms with Gasteiger partial charge in [0.15, 0.2) is 11.2 Å². The Labute approximate surface area is 172 Å². The van der Waals surface area contributed by atoms with Crippen LogP contribution in [-0.2, 0) is 0 Å². The number of nitrogens with one attached hydrogen (secondary N) is 1. The minimum absolute atomic E-state index is 0.0536. The number of para-hydroxylation sites is 1. The van der Waals surface area contributed by atoms with Gasteiger partial charge >= 0.3 is 0 Å². The molecular formula is C21H18N6OS. The van der Waals surface area contributed by atoms with Crippen LogP contribution in [0.2, 0.25) is 0 Å². The molecule has 144 valence electrons. The smallest absolute Gasteiger partial charge is 0.283 e. The summed E-state index contributed by atoms with van der Waals surface area (Å²) in [5, 5.41) is 13.0. The Morgan fingerprint density at radius 1 is 1.28 bits per heavy atom. The third-order valence-electron chi connectivity index (χ3n) is 5.54. The van der Waals surface area contributed by atoms with Crippen molar-refractivity contribution >= 4 is 28.6 Å². The first-order valence-corrected chi connectivity index (χ1v) is 10.2. The fraction of sp³-hybridized carbons (Fsp3) is 0.238. The summed E-state index contributed by atoms with van der Waals surface area (Å²) >= 11 is 1.37. The van der Waals surface area contributed by atoms with E-state index in [4.69, 9.17) is 5.26 Å². The lowest BCUT2D eigenvalue weighted by molar-refractivity contribution is 0.0832. The molecule has 0 spiro atoms. The van der Waals surface area contributed by atoms with E-state index in [0.717, 1.165) is 21.8 Å². The molecule has 1 aromatic carbocycles. The fourth-order valence-corrected chi connectivity index (χ4v) is 4.89. The van der Waals surface area contributed by atoms with Crippen molar-refractivity contribution in [3.05, 3.63) is 60.0 Å². The Bertz CT molecular complexity index is 1110. The second-order valence-electron chi connectivity index (χ2n) is 7.21. The topological polar surface area (TPSA) is 84.9 Å². The third-order valence-corrected chi connectivity index (χ3v) is 6.56. The fourth-order valence-electron chi connectivity index (χ4n) is 4.01. The summed E-state index contributed by atoms with van der Waals surface area (Å²) in [7, 11) is 0. The number of hydrogen-bond acceptors (Lipinski definition) is 7. The number of pyridine rings is 1. The van der Waals surface area contributed by atoms with Crippen LogP contribution in [-0.4, -0.2) is 50.3 Å². The Morgan fingerprint density at radius 2 is 2.10 bits per heavy atom. The first kappa shape index (κ1) is 17.6. The van der Waals surface area contributed by atoms with Crippen molar-refractivity contribution in [1.82, 2.24) is 19.8 Å². The number of aromatic nitrogens is 2. The van der Waals surface area contributed by atoms with Crippen molar-refractivity contribution in [2.75, 3.05) is 11.9 Å². The number of anilines is 2. The number of fused-ring (bicyclic) bond motifs is 1. The molecule has 2 aliphatic rings. The number of carbonyl (C=O) groups excluding carboxylic acids is 1. The van der Waals surface area contributed by atoms with E-state index < -0.39 is 0 Å². The number of piperazine rings is 1. The molecule has 8 heteroatoms. The maximum Gasteiger partial charge on any atom is 0.283 e. The van der Waals surface area contributed by atoms with E-state index in [1.807, 2.05) is 48.2 Å². The summed E-state index contributed by atoms with van der Waals surface area (Å²) in [5.41, 5.74) is 2.80. The number of nitrogens with zero attached hydrogens (tertiary/aromatic N) is 5. The van der Waals surface area contributed by atoms with Gasteiger partial charge in [-0.25, -0.2) is 4.98 Å². The quantitative estimate of drug-likeness (QED) is 0.532. The Hall–Kier alpha value is -3.44. The Balaban J connectivity index is 1.37. The predicted molar refractivity (Wildman–Crippen MR) is 111 cm³/mol. The van der Waals surface area contributed by atoms with Gasteiger partial charge in [0.05, 0.1) is 35.2 Å². The number of carbonyl (C=O) groups is 1. The molecule has 3 atom stereocenters. The highest BCUT2D eigenvalue weighted by atomic mass is 32.1. The van der Waals surface area contributed by atoms with Crippen molar-refractivity contribution in [1.29, 1.82) is 5.26 Å². The van der Waals surface area contributed by atoms with E-state index in [1.165, 1.54) is 11.3 Å². The molecule has 2 unspecified atom stereocenters. The Morgan fingerprint density at radius 3 is 2.83 bits per heavy atom. The van der Waals surface area contributed by atoms with Crippen molar-refractivity contribution in [2.24, 2.45) is 0 Å². The molecule has 1 N–H and O–H groups in total. The number of likely N-dealkylation sites (tertiary alicyclic amines) is 1. The number of thiazole rings is 1. The summed E-state index contributed by atoms with van der Waals surface area (Å²) in [4.78, 5) is 26.0. The zero-order valence-corrected chi connectivity index (χ0v) is 16.5. The summed E-state index contributed by atoms with van der Waals surface area (Å²) in [6.07, 6.45) is 7.45. The molecule has 2 saturated heterocycles. The monoisotopic (exact) mass is 402 g/mol. The lowest BCUT2D eigenvalue weighted by Gasteiger charge is -2.20. The van der Waals surface area contributed by atoms with Crippen molar-refractivity contribution in [2.45, 2.75) is 25.0 Å². The lowest BCUT2D eigenvalue weighted by atomic mass is 10.2. The molecule has 0 saturated carbocycles. The maximum absolute atomic E-state index is 12.9. The van der Waals surface area contributed by atoms with Gasteiger partial charge in [0.2, 0.25) is 0 Å². The maximum atomic E-state index is 12.9. The van der Waals surface area contributed by atoms with Crippen LogP contribution in [0.25, 0.3) is 10.4 Å². The van der Waals surface area contributed by atoms with Crippen LogP contribution in [0.5, 0.6) is 0 Å². The van der Waals surface area contributed by atoms with E-state index in [-0.39, 0.29) is 24.0 Å². The standard InChI is InChI=1S/C21H18N6OS/c1-13-19-17(11-26(13)12-22)27(19)21(28)20-24-10-18(29-20)15-9-23-8-7-16(15)25-14-5-3-2-4-6-14/h2-10,13,17,19H,11H2,1H3,(H,23,25)/t13?,17?,19-,27?/m0/s1. The molecule has 4 heterocycles. The molecule has 3 aromatic rings. The predicted octanol–water partition coefficient (Wildman–Crippen LogP) is 3.33. The van der Waals surface area contributed by atoms with E-state index >= 15 is 0 Å². The van der Waals surface area contributed by atoms with Crippen LogP contribution in [0.4, 0.5) is 11.4 Å².